The van der Waals surface area contributed by atoms with Crippen LogP contribution in [-0.4, -0.2) is 47.7 Å². The second kappa shape index (κ2) is 9.38. The van der Waals surface area contributed by atoms with Gasteiger partial charge in [-0.2, -0.15) is 0 Å². The first-order chi connectivity index (χ1) is 14.2. The first kappa shape index (κ1) is 22.6. The van der Waals surface area contributed by atoms with Crippen LogP contribution < -0.4 is 10.6 Å². The smallest absolute Gasteiger partial charge is 0.410 e. The van der Waals surface area contributed by atoms with Crippen LogP contribution in [0.1, 0.15) is 71.4 Å². The molecule has 1 heterocycles. The largest absolute Gasteiger partial charge is 0.444 e. The van der Waals surface area contributed by atoms with Crippen LogP contribution in [0.2, 0.25) is 0 Å². The first-order valence-electron chi connectivity index (χ1n) is 11.3. The van der Waals surface area contributed by atoms with Gasteiger partial charge in [0.2, 0.25) is 5.91 Å². The van der Waals surface area contributed by atoms with E-state index in [0.717, 1.165) is 12.8 Å². The molecule has 0 radical (unpaired) electrons. The van der Waals surface area contributed by atoms with Gasteiger partial charge >= 0.3 is 6.09 Å². The molecule has 1 aromatic rings. The molecule has 2 atom stereocenters. The lowest BCUT2D eigenvalue weighted by molar-refractivity contribution is -0.124. The van der Waals surface area contributed by atoms with Crippen LogP contribution in [0.25, 0.3) is 0 Å². The molecule has 0 aromatic heterocycles. The van der Waals surface area contributed by atoms with Crippen LogP contribution in [-0.2, 0) is 9.53 Å². The number of rotatable bonds is 6. The minimum Gasteiger partial charge on any atom is -0.444 e. The zero-order valence-electron chi connectivity index (χ0n) is 18.9. The summed E-state index contributed by atoms with van der Waals surface area (Å²) < 4.78 is 5.44. The third-order valence-electron chi connectivity index (χ3n) is 6.19. The molecule has 2 fully saturated rings. The SMILES string of the molecule is CC(NC1(CNC(=O)C2CCN(C(=O)OC(C)(C)C)C2)CCCC1)c1ccccc1. The van der Waals surface area contributed by atoms with Gasteiger partial charge in [0.15, 0.2) is 0 Å². The number of nitrogens with zero attached hydrogens (tertiary/aromatic N) is 1. The Bertz CT molecular complexity index is 723. The normalized spacial score (nSPS) is 22.0. The van der Waals surface area contributed by atoms with Crippen molar-refractivity contribution >= 4 is 12.0 Å². The monoisotopic (exact) mass is 415 g/mol. The number of benzene rings is 1. The number of nitrogens with one attached hydrogen (secondary N) is 2. The van der Waals surface area contributed by atoms with Crippen molar-refractivity contribution in [3.8, 4) is 0 Å². The molecule has 2 N–H and O–H groups in total. The Morgan fingerprint density at radius 3 is 2.50 bits per heavy atom. The van der Waals surface area contributed by atoms with Crippen molar-refractivity contribution in [1.82, 2.24) is 15.5 Å². The number of hydrogen-bond acceptors (Lipinski definition) is 4. The Labute approximate surface area is 180 Å². The maximum atomic E-state index is 12.8. The van der Waals surface area contributed by atoms with Gasteiger partial charge in [0.05, 0.1) is 5.92 Å². The van der Waals surface area contributed by atoms with Crippen molar-refractivity contribution in [3.05, 3.63) is 35.9 Å². The molecular formula is C24H37N3O3. The zero-order chi connectivity index (χ0) is 21.8. The van der Waals surface area contributed by atoms with E-state index in [1.54, 1.807) is 4.90 Å². The first-order valence-corrected chi connectivity index (χ1v) is 11.3. The summed E-state index contributed by atoms with van der Waals surface area (Å²) in [5.74, 6) is -0.121. The molecule has 1 aliphatic heterocycles. The van der Waals surface area contributed by atoms with E-state index < -0.39 is 5.60 Å². The van der Waals surface area contributed by atoms with Crippen molar-refractivity contribution in [2.45, 2.75) is 77.0 Å². The van der Waals surface area contributed by atoms with Crippen LogP contribution in [0.15, 0.2) is 30.3 Å². The summed E-state index contributed by atoms with van der Waals surface area (Å²) in [7, 11) is 0. The molecule has 2 aliphatic rings. The number of likely N-dealkylation sites (tertiary alicyclic amines) is 1. The number of carbonyl (C=O) groups excluding carboxylic acids is 2. The van der Waals surface area contributed by atoms with Crippen molar-refractivity contribution in [1.29, 1.82) is 0 Å². The third kappa shape index (κ3) is 5.97. The van der Waals surface area contributed by atoms with Crippen LogP contribution in [0.5, 0.6) is 0 Å². The highest BCUT2D eigenvalue weighted by Crippen LogP contribution is 2.32. The van der Waals surface area contributed by atoms with Crippen molar-refractivity contribution < 1.29 is 14.3 Å². The lowest BCUT2D eigenvalue weighted by Gasteiger charge is -2.34. The fraction of sp³-hybridized carbons (Fsp3) is 0.667. The van der Waals surface area contributed by atoms with E-state index in [9.17, 15) is 9.59 Å². The molecule has 3 rings (SSSR count). The highest BCUT2D eigenvalue weighted by molar-refractivity contribution is 5.80. The second-order valence-electron chi connectivity index (χ2n) is 9.89. The molecule has 1 aromatic carbocycles. The summed E-state index contributed by atoms with van der Waals surface area (Å²) >= 11 is 0. The average molecular weight is 416 g/mol. The quantitative estimate of drug-likeness (QED) is 0.736. The van der Waals surface area contributed by atoms with Crippen molar-refractivity contribution in [3.63, 3.8) is 0 Å². The molecule has 30 heavy (non-hydrogen) atoms. The van der Waals surface area contributed by atoms with Crippen molar-refractivity contribution in [2.24, 2.45) is 5.92 Å². The Kier molecular flexibility index (Phi) is 7.06. The fourth-order valence-electron chi connectivity index (χ4n) is 4.58. The highest BCUT2D eigenvalue weighted by atomic mass is 16.6. The van der Waals surface area contributed by atoms with Gasteiger partial charge in [-0.25, -0.2) is 4.79 Å². The molecule has 6 heteroatoms. The lowest BCUT2D eigenvalue weighted by Crippen LogP contribution is -2.53. The van der Waals surface area contributed by atoms with Gasteiger partial charge in [-0.15, -0.1) is 0 Å². The predicted molar refractivity (Wildman–Crippen MR) is 118 cm³/mol. The van der Waals surface area contributed by atoms with E-state index in [1.165, 1.54) is 18.4 Å². The second-order valence-corrected chi connectivity index (χ2v) is 9.89. The van der Waals surface area contributed by atoms with Crippen LogP contribution in [0.3, 0.4) is 0 Å². The molecule has 1 saturated heterocycles. The van der Waals surface area contributed by atoms with Gasteiger partial charge in [-0.05, 0) is 52.5 Å². The number of hydrogen-bond donors (Lipinski definition) is 2. The molecule has 166 valence electrons. The predicted octanol–water partition coefficient (Wildman–Crippen LogP) is 4.02. The lowest BCUT2D eigenvalue weighted by atomic mass is 9.94. The van der Waals surface area contributed by atoms with Gasteiger partial charge in [-0.3, -0.25) is 4.79 Å². The Morgan fingerprint density at radius 2 is 1.87 bits per heavy atom. The Balaban J connectivity index is 1.53. The average Bonchev–Trinajstić information content (AvgIpc) is 3.36. The van der Waals surface area contributed by atoms with Gasteiger partial charge in [0, 0.05) is 31.2 Å². The molecule has 0 spiro atoms. The van der Waals surface area contributed by atoms with Gasteiger partial charge in [0.25, 0.3) is 0 Å². The van der Waals surface area contributed by atoms with E-state index in [1.807, 2.05) is 26.8 Å². The molecule has 0 bridgehead atoms. The summed E-state index contributed by atoms with van der Waals surface area (Å²) in [6.07, 6.45) is 4.86. The van der Waals surface area contributed by atoms with Crippen LogP contribution >= 0.6 is 0 Å². The summed E-state index contributed by atoms with van der Waals surface area (Å²) in [5.41, 5.74) is 0.681. The van der Waals surface area contributed by atoms with Crippen LogP contribution in [0.4, 0.5) is 4.79 Å². The van der Waals surface area contributed by atoms with E-state index in [0.29, 0.717) is 26.1 Å². The maximum Gasteiger partial charge on any atom is 0.410 e. The van der Waals surface area contributed by atoms with Crippen LogP contribution in [0, 0.1) is 5.92 Å². The van der Waals surface area contributed by atoms with Gasteiger partial charge in [-0.1, -0.05) is 43.2 Å². The third-order valence-corrected chi connectivity index (χ3v) is 6.19. The van der Waals surface area contributed by atoms with Crippen molar-refractivity contribution in [2.75, 3.05) is 19.6 Å². The Morgan fingerprint density at radius 1 is 1.20 bits per heavy atom. The van der Waals surface area contributed by atoms with E-state index in [4.69, 9.17) is 4.74 Å². The van der Waals surface area contributed by atoms with Gasteiger partial charge < -0.3 is 20.3 Å². The molecule has 1 aliphatic carbocycles. The number of amides is 2. The van der Waals surface area contributed by atoms with Gasteiger partial charge in [0.1, 0.15) is 5.60 Å². The molecule has 2 unspecified atom stereocenters. The van der Waals surface area contributed by atoms with E-state index in [-0.39, 0.29) is 29.5 Å². The minimum absolute atomic E-state index is 0.0431. The number of carbonyl (C=O) groups is 2. The highest BCUT2D eigenvalue weighted by Gasteiger charge is 2.37. The zero-order valence-corrected chi connectivity index (χ0v) is 18.9. The molecule has 2 amide bonds. The molecular weight excluding hydrogens is 378 g/mol. The summed E-state index contributed by atoms with van der Waals surface area (Å²) in [6.45, 7) is 9.39. The number of ether oxygens (including phenoxy) is 1. The summed E-state index contributed by atoms with van der Waals surface area (Å²) in [6, 6.07) is 10.7. The summed E-state index contributed by atoms with van der Waals surface area (Å²) in [5, 5.41) is 7.00. The summed E-state index contributed by atoms with van der Waals surface area (Å²) in [4.78, 5) is 26.8. The van der Waals surface area contributed by atoms with E-state index >= 15 is 0 Å². The van der Waals surface area contributed by atoms with E-state index in [2.05, 4.69) is 41.8 Å². The maximum absolute atomic E-state index is 12.8. The molecule has 1 saturated carbocycles. The minimum atomic E-state index is -0.520. The fourth-order valence-corrected chi connectivity index (χ4v) is 4.58. The molecule has 6 nitrogen and oxygen atoms in total. The standard InChI is InChI=1S/C24H37N3O3/c1-18(19-10-6-5-7-11-19)26-24(13-8-9-14-24)17-25-21(28)20-12-15-27(16-20)22(29)30-23(2,3)4/h5-7,10-11,18,20,26H,8-9,12-17H2,1-4H3,(H,25,28). The Hall–Kier alpha value is -2.08. The topological polar surface area (TPSA) is 70.7 Å².